The maximum atomic E-state index is 13.2. The lowest BCUT2D eigenvalue weighted by Crippen LogP contribution is -2.32. The largest absolute Gasteiger partial charge is 0.492 e. The molecule has 1 atom stereocenters. The fourth-order valence-electron chi connectivity index (χ4n) is 3.72. The molecule has 8 nitrogen and oxygen atoms in total. The van der Waals surface area contributed by atoms with Crippen molar-refractivity contribution in [3.05, 3.63) is 71.5 Å². The van der Waals surface area contributed by atoms with Crippen LogP contribution in [0.5, 0.6) is 5.75 Å². The zero-order valence-corrected chi connectivity index (χ0v) is 15.5. The number of carbonyl (C=O) groups excluding carboxylic acids is 1. The highest BCUT2D eigenvalue weighted by molar-refractivity contribution is 5.98. The number of hydrogen-bond acceptors (Lipinski definition) is 5. The molecule has 0 radical (unpaired) electrons. The summed E-state index contributed by atoms with van der Waals surface area (Å²) in [7, 11) is 1.76. The van der Waals surface area contributed by atoms with Crippen molar-refractivity contribution in [2.45, 2.75) is 6.04 Å². The average molecular weight is 384 g/mol. The van der Waals surface area contributed by atoms with E-state index in [1.807, 2.05) is 10.5 Å². The molecule has 2 aromatic heterocycles. The maximum absolute atomic E-state index is 13.2. The number of fused-ring (bicyclic) bond motifs is 4. The third-order valence-electron chi connectivity index (χ3n) is 5.29. The van der Waals surface area contributed by atoms with Crippen LogP contribution in [-0.4, -0.2) is 38.8 Å². The van der Waals surface area contributed by atoms with Gasteiger partial charge < -0.3 is 15.4 Å². The summed E-state index contributed by atoms with van der Waals surface area (Å²) in [4.78, 5) is 26.8. The summed E-state index contributed by atoms with van der Waals surface area (Å²) < 4.78 is 7.55. The van der Waals surface area contributed by atoms with Crippen molar-refractivity contribution in [2.24, 2.45) is 0 Å². The van der Waals surface area contributed by atoms with Crippen molar-refractivity contribution in [1.29, 1.82) is 0 Å². The fraction of sp³-hybridized carbons (Fsp3) is 0.143. The molecule has 0 spiro atoms. The highest BCUT2D eigenvalue weighted by atomic mass is 16.5. The van der Waals surface area contributed by atoms with Gasteiger partial charge in [-0.1, -0.05) is 12.1 Å². The Morgan fingerprint density at radius 1 is 1.31 bits per heavy atom. The van der Waals surface area contributed by atoms with Crippen molar-refractivity contribution < 1.29 is 9.53 Å². The number of benzene rings is 2. The molecule has 8 heteroatoms. The topological polar surface area (TPSA) is 90.1 Å². The summed E-state index contributed by atoms with van der Waals surface area (Å²) in [6.45, 7) is 7.49. The number of nitrogens with two attached hydrogens (primary N) is 1. The molecule has 0 saturated carbocycles. The predicted octanol–water partition coefficient (Wildman–Crippen LogP) is 3.22. The molecule has 5 rings (SSSR count). The predicted molar refractivity (Wildman–Crippen MR) is 108 cm³/mol. The number of imidazole rings is 1. The third-order valence-corrected chi connectivity index (χ3v) is 5.29. The van der Waals surface area contributed by atoms with E-state index in [1.165, 1.54) is 0 Å². The van der Waals surface area contributed by atoms with Crippen molar-refractivity contribution in [3.8, 4) is 5.75 Å². The summed E-state index contributed by atoms with van der Waals surface area (Å²) in [5.41, 5.74) is 10.1. The Balaban J connectivity index is 1.52. The number of anilines is 1. The zero-order chi connectivity index (χ0) is 20.1. The van der Waals surface area contributed by atoms with Gasteiger partial charge in [-0.05, 0) is 24.3 Å². The molecule has 0 unspecified atom stereocenters. The van der Waals surface area contributed by atoms with Crippen LogP contribution in [-0.2, 0) is 0 Å². The lowest BCUT2D eigenvalue weighted by atomic mass is 10.1. The Bertz CT molecular complexity index is 1340. The molecule has 0 saturated heterocycles. The normalized spacial score (nSPS) is 15.1. The molecular weight excluding hydrogens is 368 g/mol. The molecule has 2 aromatic carbocycles. The van der Waals surface area contributed by atoms with Crippen LogP contribution in [0.4, 0.5) is 11.5 Å². The lowest BCUT2D eigenvalue weighted by Gasteiger charge is -2.24. The molecule has 1 aliphatic rings. The first-order valence-corrected chi connectivity index (χ1v) is 8.99. The van der Waals surface area contributed by atoms with E-state index in [4.69, 9.17) is 17.0 Å². The Morgan fingerprint density at radius 2 is 2.17 bits per heavy atom. The fourth-order valence-corrected chi connectivity index (χ4v) is 3.72. The average Bonchev–Trinajstić information content (AvgIpc) is 3.40. The number of aromatic nitrogens is 3. The molecule has 0 bridgehead atoms. The van der Waals surface area contributed by atoms with E-state index in [2.05, 4.69) is 14.8 Å². The molecule has 1 amide bonds. The van der Waals surface area contributed by atoms with Gasteiger partial charge in [-0.25, -0.2) is 14.8 Å². The minimum absolute atomic E-state index is 0.132. The number of likely N-dealkylation sites (N-methyl/N-ethyl adjacent to an activating group) is 1. The third kappa shape index (κ3) is 2.56. The first-order chi connectivity index (χ1) is 14.1. The van der Waals surface area contributed by atoms with Crippen LogP contribution in [0.25, 0.3) is 21.4 Å². The van der Waals surface area contributed by atoms with Crippen molar-refractivity contribution >= 4 is 34.0 Å². The van der Waals surface area contributed by atoms with Crippen LogP contribution in [0.2, 0.25) is 0 Å². The first-order valence-electron chi connectivity index (χ1n) is 8.99. The van der Waals surface area contributed by atoms with Gasteiger partial charge in [0.05, 0.1) is 36.2 Å². The Kier molecular flexibility index (Phi) is 3.64. The Morgan fingerprint density at radius 3 is 3.00 bits per heavy atom. The van der Waals surface area contributed by atoms with Crippen molar-refractivity contribution in [2.75, 3.05) is 19.4 Å². The monoisotopic (exact) mass is 384 g/mol. The minimum atomic E-state index is -0.217. The summed E-state index contributed by atoms with van der Waals surface area (Å²) in [6, 6.07) is 10.4. The SMILES string of the molecule is [C-]#[N+]c1ccc2c(c1)OC[C@H]2N(C)C(=O)c1ccc2nc(N)c3cncn3c2c1. The van der Waals surface area contributed by atoms with Crippen LogP contribution in [0.15, 0.2) is 48.9 Å². The number of rotatable bonds is 2. The van der Waals surface area contributed by atoms with Crippen LogP contribution in [0.3, 0.4) is 0 Å². The van der Waals surface area contributed by atoms with Gasteiger partial charge in [0.25, 0.3) is 5.91 Å². The van der Waals surface area contributed by atoms with Gasteiger partial charge in [-0.3, -0.25) is 9.20 Å². The van der Waals surface area contributed by atoms with Crippen LogP contribution < -0.4 is 10.5 Å². The first kappa shape index (κ1) is 17.0. The van der Waals surface area contributed by atoms with Gasteiger partial charge in [-0.2, -0.15) is 0 Å². The number of ether oxygens (including phenoxy) is 1. The van der Waals surface area contributed by atoms with E-state index < -0.39 is 0 Å². The van der Waals surface area contributed by atoms with Crippen LogP contribution in [0, 0.1) is 6.57 Å². The van der Waals surface area contributed by atoms with E-state index in [1.54, 1.807) is 54.8 Å². The van der Waals surface area contributed by atoms with Crippen LogP contribution in [0.1, 0.15) is 22.0 Å². The number of nitrogen functional groups attached to an aromatic ring is 1. The number of amides is 1. The highest BCUT2D eigenvalue weighted by Gasteiger charge is 2.31. The molecule has 0 fully saturated rings. The minimum Gasteiger partial charge on any atom is -0.492 e. The molecule has 29 heavy (non-hydrogen) atoms. The molecule has 2 N–H and O–H groups in total. The van der Waals surface area contributed by atoms with E-state index in [-0.39, 0.29) is 11.9 Å². The summed E-state index contributed by atoms with van der Waals surface area (Å²) in [5, 5.41) is 0. The number of carbonyl (C=O) groups is 1. The van der Waals surface area contributed by atoms with Gasteiger partial charge in [0.2, 0.25) is 0 Å². The van der Waals surface area contributed by atoms with Crippen molar-refractivity contribution in [3.63, 3.8) is 0 Å². The second kappa shape index (κ2) is 6.21. The smallest absolute Gasteiger partial charge is 0.254 e. The van der Waals surface area contributed by atoms with Crippen molar-refractivity contribution in [1.82, 2.24) is 19.3 Å². The van der Waals surface area contributed by atoms with E-state index in [0.717, 1.165) is 11.1 Å². The molecule has 4 aromatic rings. The summed E-state index contributed by atoms with van der Waals surface area (Å²) in [5.74, 6) is 0.916. The van der Waals surface area contributed by atoms with Gasteiger partial charge in [-0.15, -0.1) is 0 Å². The number of hydrogen-bond donors (Lipinski definition) is 1. The van der Waals surface area contributed by atoms with Crippen LogP contribution >= 0.6 is 0 Å². The second-order valence-electron chi connectivity index (χ2n) is 6.93. The van der Waals surface area contributed by atoms with Gasteiger partial charge in [0, 0.05) is 18.2 Å². The van der Waals surface area contributed by atoms with E-state index >= 15 is 0 Å². The zero-order valence-electron chi connectivity index (χ0n) is 15.5. The molecular formula is C21H16N6O2. The highest BCUT2D eigenvalue weighted by Crippen LogP contribution is 2.38. The summed E-state index contributed by atoms with van der Waals surface area (Å²) >= 11 is 0. The summed E-state index contributed by atoms with van der Waals surface area (Å²) in [6.07, 6.45) is 3.30. The van der Waals surface area contributed by atoms with E-state index in [0.29, 0.717) is 40.5 Å². The quantitative estimate of drug-likeness (QED) is 0.536. The van der Waals surface area contributed by atoms with Gasteiger partial charge in [0.1, 0.15) is 23.7 Å². The molecule has 3 heterocycles. The lowest BCUT2D eigenvalue weighted by molar-refractivity contribution is 0.0708. The molecule has 1 aliphatic heterocycles. The Labute approximate surface area is 166 Å². The standard InChI is InChI=1S/C21H16N6O2/c1-23-13-4-5-14-18(10-29-19(14)8-13)26(2)21(28)12-3-6-15-16(7-12)27-11-24-9-17(27)20(22)25-15/h3-9,11,18H,10H2,2H3,(H2,22,25)/t18-/m1/s1. The van der Waals surface area contributed by atoms with Gasteiger partial charge >= 0.3 is 0 Å². The van der Waals surface area contributed by atoms with Gasteiger partial charge in [0.15, 0.2) is 5.69 Å². The molecule has 142 valence electrons. The molecule has 0 aliphatic carbocycles. The maximum Gasteiger partial charge on any atom is 0.254 e. The number of nitrogens with zero attached hydrogens (tertiary/aromatic N) is 5. The Hall–Kier alpha value is -4.12. The van der Waals surface area contributed by atoms with E-state index in [9.17, 15) is 4.79 Å². The second-order valence-corrected chi connectivity index (χ2v) is 6.93.